The van der Waals surface area contributed by atoms with Crippen molar-refractivity contribution in [3.63, 3.8) is 0 Å². The van der Waals surface area contributed by atoms with E-state index in [-0.39, 0.29) is 34.5 Å². The molecule has 66 heavy (non-hydrogen) atoms. The summed E-state index contributed by atoms with van der Waals surface area (Å²) in [5.41, 5.74) is 17.9. The molecule has 4 aliphatic rings. The molecule has 5 heterocycles. The summed E-state index contributed by atoms with van der Waals surface area (Å²) in [5, 5.41) is 0. The van der Waals surface area contributed by atoms with Crippen LogP contribution in [0.4, 0.5) is 45.6 Å². The molecule has 11 rings (SSSR count). The normalized spacial score (nSPS) is 23.0. The van der Waals surface area contributed by atoms with Crippen LogP contribution < -0.4 is 19.6 Å². The first-order valence-corrected chi connectivity index (χ1v) is 23.8. The van der Waals surface area contributed by atoms with Gasteiger partial charge in [0.2, 0.25) is 0 Å². The molecule has 5 nitrogen and oxygen atoms in total. The van der Waals surface area contributed by atoms with Crippen LogP contribution in [0.3, 0.4) is 0 Å². The van der Waals surface area contributed by atoms with Gasteiger partial charge in [-0.25, -0.2) is 4.98 Å². The zero-order valence-corrected chi connectivity index (χ0v) is 39.6. The second-order valence-corrected chi connectivity index (χ2v) is 20.2. The van der Waals surface area contributed by atoms with Crippen molar-refractivity contribution in [3.8, 4) is 11.1 Å². The van der Waals surface area contributed by atoms with Gasteiger partial charge in [-0.05, 0) is 140 Å². The van der Waals surface area contributed by atoms with Crippen LogP contribution in [0.5, 0.6) is 0 Å². The van der Waals surface area contributed by atoms with Crippen molar-refractivity contribution >= 4 is 45.6 Å². The first-order chi connectivity index (χ1) is 32.0. The predicted molar refractivity (Wildman–Crippen MR) is 278 cm³/mol. The third kappa shape index (κ3) is 5.74. The summed E-state index contributed by atoms with van der Waals surface area (Å²) in [6, 6.07) is 54.3. The van der Waals surface area contributed by atoms with E-state index in [4.69, 9.17) is 4.98 Å². The molecule has 0 saturated carbocycles. The van der Waals surface area contributed by atoms with Gasteiger partial charge in [0.1, 0.15) is 12.3 Å². The van der Waals surface area contributed by atoms with E-state index in [2.05, 4.69) is 239 Å². The highest BCUT2D eigenvalue weighted by Crippen LogP contribution is 2.68. The molecule has 5 heteroatoms. The van der Waals surface area contributed by atoms with E-state index in [0.29, 0.717) is 0 Å². The number of nitrogens with zero attached hydrogens (tertiary/aromatic N) is 5. The maximum atomic E-state index is 5.26. The van der Waals surface area contributed by atoms with Crippen molar-refractivity contribution in [3.05, 3.63) is 210 Å². The van der Waals surface area contributed by atoms with Crippen molar-refractivity contribution < 1.29 is 0 Å². The number of fused-ring (bicyclic) bond motifs is 10. The van der Waals surface area contributed by atoms with E-state index in [1.165, 1.54) is 78.6 Å². The lowest BCUT2D eigenvalue weighted by atomic mass is 9.52. The number of aryl methyl sites for hydroxylation is 4. The fourth-order valence-electron chi connectivity index (χ4n) is 13.3. The standard InChI is InChI=1S/C61H61N5/c1-10-35-61(37-36-60(9)46(11-2)45-26-14-17-29-50(45)65-52-31-19-18-30-51(52)63(58(60)65)48-27-15-12-22-40(48)3)47-34-33-44(55-42(5)24-20-25-43(55)6)39-54(47)66-56-53(32-21-38-62-56)64(57(66)59(61,7)8)49-28-16-13-23-41(49)4/h10-34,38-39,46,57-58H,1-2,35-37H2,3-9H3. The number of aromatic nitrogens is 1. The molecular formula is C61H61N5. The monoisotopic (exact) mass is 863 g/mol. The van der Waals surface area contributed by atoms with Gasteiger partial charge in [0.25, 0.3) is 0 Å². The van der Waals surface area contributed by atoms with Gasteiger partial charge < -0.3 is 19.6 Å². The molecule has 5 unspecified atom stereocenters. The van der Waals surface area contributed by atoms with Crippen molar-refractivity contribution in [1.82, 2.24) is 4.98 Å². The Morgan fingerprint density at radius 3 is 1.70 bits per heavy atom. The summed E-state index contributed by atoms with van der Waals surface area (Å²) in [6.45, 7) is 25.9. The van der Waals surface area contributed by atoms with E-state index < -0.39 is 0 Å². The summed E-state index contributed by atoms with van der Waals surface area (Å²) in [5.74, 6) is 1.08. The molecule has 0 fully saturated rings. The maximum absolute atomic E-state index is 5.26. The number of hydrogen-bond donors (Lipinski definition) is 0. The molecule has 0 amide bonds. The van der Waals surface area contributed by atoms with Crippen LogP contribution in [0.15, 0.2) is 177 Å². The van der Waals surface area contributed by atoms with Crippen LogP contribution in [0.25, 0.3) is 11.1 Å². The average Bonchev–Trinajstić information content (AvgIpc) is 3.86. The predicted octanol–water partition coefficient (Wildman–Crippen LogP) is 15.8. The first-order valence-electron chi connectivity index (χ1n) is 23.8. The average molecular weight is 864 g/mol. The van der Waals surface area contributed by atoms with E-state index in [9.17, 15) is 0 Å². The van der Waals surface area contributed by atoms with Crippen LogP contribution in [0.2, 0.25) is 0 Å². The Morgan fingerprint density at radius 1 is 0.530 bits per heavy atom. The third-order valence-electron chi connectivity index (χ3n) is 16.5. The largest absolute Gasteiger partial charge is 0.317 e. The first kappa shape index (κ1) is 41.8. The summed E-state index contributed by atoms with van der Waals surface area (Å²) >= 11 is 0. The Hall–Kier alpha value is -6.85. The van der Waals surface area contributed by atoms with Crippen LogP contribution in [0, 0.1) is 38.5 Å². The minimum Gasteiger partial charge on any atom is -0.317 e. The van der Waals surface area contributed by atoms with Crippen LogP contribution in [0.1, 0.15) is 79.3 Å². The number of para-hydroxylation sites is 5. The third-order valence-corrected chi connectivity index (χ3v) is 16.5. The number of benzene rings is 6. The maximum Gasteiger partial charge on any atom is 0.158 e. The van der Waals surface area contributed by atoms with E-state index in [1.807, 2.05) is 6.20 Å². The van der Waals surface area contributed by atoms with Gasteiger partial charge in [-0.2, -0.15) is 0 Å². The quantitative estimate of drug-likeness (QED) is 0.135. The molecule has 0 N–H and O–H groups in total. The zero-order valence-electron chi connectivity index (χ0n) is 39.6. The SMILES string of the molecule is C=CCC1(CCC2(C)C(C=C)c3ccccc3N3c4ccccc4N(c4ccccc4C)C32)c2ccc(-c3c(C)cccc3C)cc2N2c3ncccc3N(c3ccccc3C)C2C1(C)C. The van der Waals surface area contributed by atoms with E-state index >= 15 is 0 Å². The molecule has 1 aromatic heterocycles. The molecule has 0 aliphatic carbocycles. The van der Waals surface area contributed by atoms with Crippen molar-refractivity contribution in [2.75, 3.05) is 19.6 Å². The highest BCUT2D eigenvalue weighted by atomic mass is 15.5. The number of pyridine rings is 1. The summed E-state index contributed by atoms with van der Waals surface area (Å²) < 4.78 is 0. The second-order valence-electron chi connectivity index (χ2n) is 20.2. The van der Waals surface area contributed by atoms with Gasteiger partial charge in [0.15, 0.2) is 5.82 Å². The smallest absolute Gasteiger partial charge is 0.158 e. The Morgan fingerprint density at radius 2 is 1.08 bits per heavy atom. The minimum absolute atomic E-state index is 0.0211. The topological polar surface area (TPSA) is 25.9 Å². The Bertz CT molecular complexity index is 3050. The molecule has 330 valence electrons. The molecule has 4 aliphatic heterocycles. The second kappa shape index (κ2) is 15.4. The van der Waals surface area contributed by atoms with Crippen LogP contribution in [-0.4, -0.2) is 17.3 Å². The molecule has 6 aromatic carbocycles. The molecular weight excluding hydrogens is 803 g/mol. The molecule has 0 spiro atoms. The minimum atomic E-state index is -0.358. The molecule has 0 saturated heterocycles. The Kier molecular flexibility index (Phi) is 9.74. The summed E-state index contributed by atoms with van der Waals surface area (Å²) in [4.78, 5) is 15.8. The van der Waals surface area contributed by atoms with Crippen molar-refractivity contribution in [1.29, 1.82) is 0 Å². The lowest BCUT2D eigenvalue weighted by Crippen LogP contribution is -2.63. The lowest BCUT2D eigenvalue weighted by Gasteiger charge is -2.60. The van der Waals surface area contributed by atoms with Gasteiger partial charge in [-0.1, -0.05) is 130 Å². The number of hydrogen-bond acceptors (Lipinski definition) is 5. The van der Waals surface area contributed by atoms with Gasteiger partial charge in [0.05, 0.1) is 17.1 Å². The van der Waals surface area contributed by atoms with Gasteiger partial charge in [-0.15, -0.1) is 13.2 Å². The van der Waals surface area contributed by atoms with Crippen molar-refractivity contribution in [2.45, 2.75) is 91.4 Å². The summed E-state index contributed by atoms with van der Waals surface area (Å²) in [7, 11) is 0. The van der Waals surface area contributed by atoms with Gasteiger partial charge in [-0.3, -0.25) is 0 Å². The highest BCUT2D eigenvalue weighted by Gasteiger charge is 2.63. The molecule has 0 bridgehead atoms. The number of anilines is 8. The fraction of sp³-hybridized carbons (Fsp3) is 0.262. The highest BCUT2D eigenvalue weighted by molar-refractivity contribution is 5.93. The summed E-state index contributed by atoms with van der Waals surface area (Å²) in [6.07, 6.45) is 8.98. The van der Waals surface area contributed by atoms with E-state index in [0.717, 1.165) is 30.8 Å². The van der Waals surface area contributed by atoms with E-state index in [1.54, 1.807) is 0 Å². The molecule has 5 atom stereocenters. The number of allylic oxidation sites excluding steroid dienone is 2. The van der Waals surface area contributed by atoms with Crippen LogP contribution in [-0.2, 0) is 5.41 Å². The lowest BCUT2D eigenvalue weighted by molar-refractivity contribution is 0.0774. The molecule has 0 radical (unpaired) electrons. The van der Waals surface area contributed by atoms with Crippen molar-refractivity contribution in [2.24, 2.45) is 10.8 Å². The Balaban J connectivity index is 1.15. The fourth-order valence-corrected chi connectivity index (χ4v) is 13.3. The van der Waals surface area contributed by atoms with Gasteiger partial charge in [0, 0.05) is 51.1 Å². The van der Waals surface area contributed by atoms with Crippen LogP contribution >= 0.6 is 0 Å². The van der Waals surface area contributed by atoms with Gasteiger partial charge >= 0.3 is 0 Å². The zero-order chi connectivity index (χ0) is 45.7. The number of rotatable bonds is 9. The Labute approximate surface area is 392 Å². The molecule has 7 aromatic rings.